The molecule has 0 spiro atoms. The molecule has 2 aromatic carbocycles. The van der Waals surface area contributed by atoms with Crippen molar-refractivity contribution in [1.29, 1.82) is 0 Å². The Morgan fingerprint density at radius 1 is 0.810 bits per heavy atom. The molecule has 310 valence electrons. The first-order valence-corrected chi connectivity index (χ1v) is 21.3. The lowest BCUT2D eigenvalue weighted by Gasteiger charge is -2.30. The highest BCUT2D eigenvalue weighted by Crippen LogP contribution is 2.38. The Labute approximate surface area is 346 Å². The van der Waals surface area contributed by atoms with Gasteiger partial charge in [0.05, 0.1) is 56.7 Å². The van der Waals surface area contributed by atoms with E-state index < -0.39 is 41.5 Å². The minimum Gasteiger partial charge on any atom is -0.616 e. The van der Waals surface area contributed by atoms with Crippen LogP contribution in [-0.4, -0.2) is 109 Å². The molecule has 4 heterocycles. The van der Waals surface area contributed by atoms with E-state index in [0.717, 1.165) is 40.8 Å². The van der Waals surface area contributed by atoms with E-state index in [9.17, 15) is 23.7 Å². The van der Waals surface area contributed by atoms with Gasteiger partial charge in [-0.15, -0.1) is 0 Å². The Morgan fingerprint density at radius 3 is 1.88 bits per heavy atom. The SMILES string of the molecule is COC(=O)N[C@H](C(=O)N1CCC[C@H]1c1ncc(-c2ccc(-c3ccc(-c4[nH]c([C@@H]5C[C@H]([S+](C)[O-])CN5C(=O)[C@@H](NC(=O)OC)C(C)C)nc4Cl)cc3)cc2)[nH]1)C(C)C. The molecular weight excluding hydrogens is 784 g/mol. The first-order valence-electron chi connectivity index (χ1n) is 19.3. The zero-order chi connectivity index (χ0) is 41.8. The van der Waals surface area contributed by atoms with Crippen LogP contribution < -0.4 is 10.6 Å². The minimum atomic E-state index is -1.20. The van der Waals surface area contributed by atoms with Gasteiger partial charge >= 0.3 is 12.2 Å². The molecule has 1 unspecified atom stereocenters. The van der Waals surface area contributed by atoms with Gasteiger partial charge in [-0.2, -0.15) is 0 Å². The number of rotatable bonds is 12. The summed E-state index contributed by atoms with van der Waals surface area (Å²) in [7, 11) is 2.52. The fourth-order valence-electron chi connectivity index (χ4n) is 7.65. The molecule has 15 nitrogen and oxygen atoms in total. The number of ether oxygens (including phenoxy) is 2. The van der Waals surface area contributed by atoms with Crippen LogP contribution in [0.3, 0.4) is 0 Å². The van der Waals surface area contributed by atoms with Crippen molar-refractivity contribution in [3.05, 3.63) is 71.5 Å². The summed E-state index contributed by atoms with van der Waals surface area (Å²) in [6, 6.07) is 13.7. The van der Waals surface area contributed by atoms with Crippen LogP contribution in [0.1, 0.15) is 70.7 Å². The molecule has 2 fully saturated rings. The summed E-state index contributed by atoms with van der Waals surface area (Å²) in [5.41, 5.74) is 5.14. The molecule has 2 aromatic heterocycles. The molecule has 0 bridgehead atoms. The number of carbonyl (C=O) groups excluding carboxylic acids is 4. The number of aromatic nitrogens is 4. The summed E-state index contributed by atoms with van der Waals surface area (Å²) in [5.74, 6) is 0.361. The van der Waals surface area contributed by atoms with Crippen LogP contribution >= 0.6 is 11.6 Å². The van der Waals surface area contributed by atoms with Crippen LogP contribution in [0.25, 0.3) is 33.6 Å². The monoisotopic (exact) mass is 834 g/mol. The number of halogens is 1. The van der Waals surface area contributed by atoms with Crippen molar-refractivity contribution in [2.45, 2.75) is 76.4 Å². The molecule has 6 atom stereocenters. The van der Waals surface area contributed by atoms with E-state index in [0.29, 0.717) is 30.3 Å². The molecule has 0 aliphatic carbocycles. The van der Waals surface area contributed by atoms with Crippen LogP contribution in [0.4, 0.5) is 9.59 Å². The van der Waals surface area contributed by atoms with E-state index in [-0.39, 0.29) is 46.6 Å². The van der Waals surface area contributed by atoms with Crippen molar-refractivity contribution >= 4 is 46.8 Å². The molecule has 4 amide bonds. The van der Waals surface area contributed by atoms with Crippen LogP contribution in [0.15, 0.2) is 54.7 Å². The van der Waals surface area contributed by atoms with Crippen molar-refractivity contribution < 1.29 is 33.2 Å². The van der Waals surface area contributed by atoms with Crippen molar-refractivity contribution in [3.8, 4) is 33.6 Å². The fraction of sp³-hybridized carbons (Fsp3) is 0.463. The van der Waals surface area contributed by atoms with Gasteiger partial charge in [0, 0.05) is 18.5 Å². The van der Waals surface area contributed by atoms with E-state index in [1.165, 1.54) is 14.2 Å². The predicted molar refractivity (Wildman–Crippen MR) is 221 cm³/mol. The Bertz CT molecular complexity index is 2090. The average Bonchev–Trinajstić information content (AvgIpc) is 4.04. The lowest BCUT2D eigenvalue weighted by atomic mass is 10.0. The van der Waals surface area contributed by atoms with E-state index in [4.69, 9.17) is 21.1 Å². The second kappa shape index (κ2) is 18.2. The number of alkyl carbamates (subject to hydrolysis) is 2. The van der Waals surface area contributed by atoms with Crippen molar-refractivity contribution in [3.63, 3.8) is 0 Å². The summed E-state index contributed by atoms with van der Waals surface area (Å²) < 4.78 is 22.1. The Hall–Kier alpha value is -5.06. The van der Waals surface area contributed by atoms with Crippen LogP contribution in [0, 0.1) is 11.8 Å². The zero-order valence-corrected chi connectivity index (χ0v) is 35.3. The average molecular weight is 835 g/mol. The highest BCUT2D eigenvalue weighted by atomic mass is 35.5. The van der Waals surface area contributed by atoms with Crippen LogP contribution in [0.2, 0.25) is 5.15 Å². The quantitative estimate of drug-likeness (QED) is 0.120. The molecule has 4 aromatic rings. The second-order valence-corrected chi connectivity index (χ2v) is 17.4. The lowest BCUT2D eigenvalue weighted by molar-refractivity contribution is -0.136. The number of H-pyrrole nitrogens is 2. The number of benzene rings is 2. The van der Waals surface area contributed by atoms with Crippen molar-refractivity contribution in [1.82, 2.24) is 40.4 Å². The van der Waals surface area contributed by atoms with Gasteiger partial charge in [-0.25, -0.2) is 19.6 Å². The molecule has 6 rings (SSSR count). The Morgan fingerprint density at radius 2 is 1.34 bits per heavy atom. The standard InChI is InChI=1S/C41H51ClN8O7S/c1-22(2)32(46-40(53)56-5)38(51)49-18-8-9-30(49)36-43-20-29(44-36)26-14-10-24(11-15-26)25-12-16-27(17-13-25)34-35(42)48-37(45-34)31-19-28(58(7)55)21-50(31)39(52)33(23(3)4)47-41(54)57-6/h10-17,20,22-23,28,30-33H,8-9,18-19,21H2,1-7H3,(H,43,44)(H,45,48)(H,46,53)(H,47,54)/t28-,30-,31-,32-,33-,58?/m0/s1. The molecule has 2 aliphatic rings. The number of nitrogens with one attached hydrogen (secondary N) is 4. The van der Waals surface area contributed by atoms with E-state index >= 15 is 0 Å². The minimum absolute atomic E-state index is 0.121. The maximum absolute atomic E-state index is 13.8. The number of nitrogens with zero attached hydrogens (tertiary/aromatic N) is 4. The third kappa shape index (κ3) is 9.13. The molecule has 17 heteroatoms. The summed E-state index contributed by atoms with van der Waals surface area (Å²) in [6.45, 7) is 8.27. The molecule has 2 aliphatic heterocycles. The predicted octanol–water partition coefficient (Wildman–Crippen LogP) is 6.23. The van der Waals surface area contributed by atoms with Crippen LogP contribution in [-0.2, 0) is 30.2 Å². The summed E-state index contributed by atoms with van der Waals surface area (Å²) in [6.07, 6.45) is 4.07. The molecular formula is C41H51ClN8O7S. The van der Waals surface area contributed by atoms with Gasteiger partial charge in [-0.3, -0.25) is 9.59 Å². The van der Waals surface area contributed by atoms with E-state index in [2.05, 4.69) is 30.6 Å². The van der Waals surface area contributed by atoms with Gasteiger partial charge in [0.15, 0.2) is 5.15 Å². The lowest BCUT2D eigenvalue weighted by Crippen LogP contribution is -2.51. The first-order chi connectivity index (χ1) is 27.7. The van der Waals surface area contributed by atoms with Crippen molar-refractivity contribution in [2.75, 3.05) is 33.6 Å². The van der Waals surface area contributed by atoms with Gasteiger partial charge < -0.3 is 44.4 Å². The Kier molecular flexibility index (Phi) is 13.4. The molecule has 0 saturated carbocycles. The summed E-state index contributed by atoms with van der Waals surface area (Å²) in [5, 5.41) is 5.30. The summed E-state index contributed by atoms with van der Waals surface area (Å²) >= 11 is 5.51. The van der Waals surface area contributed by atoms with Crippen molar-refractivity contribution in [2.24, 2.45) is 11.8 Å². The van der Waals surface area contributed by atoms with E-state index in [1.807, 2.05) is 76.2 Å². The highest BCUT2D eigenvalue weighted by molar-refractivity contribution is 7.91. The molecule has 0 radical (unpaired) electrons. The summed E-state index contributed by atoms with van der Waals surface area (Å²) in [4.78, 5) is 70.9. The smallest absolute Gasteiger partial charge is 0.407 e. The highest BCUT2D eigenvalue weighted by Gasteiger charge is 2.45. The zero-order valence-electron chi connectivity index (χ0n) is 33.7. The Balaban J connectivity index is 1.15. The van der Waals surface area contributed by atoms with Crippen LogP contribution in [0.5, 0.6) is 0 Å². The topological polar surface area (TPSA) is 198 Å². The number of imidazole rings is 2. The number of amides is 4. The van der Waals surface area contributed by atoms with Gasteiger partial charge in [0.25, 0.3) is 0 Å². The third-order valence-corrected chi connectivity index (χ3v) is 12.5. The van der Waals surface area contributed by atoms with Gasteiger partial charge in [0.1, 0.15) is 29.0 Å². The second-order valence-electron chi connectivity index (χ2n) is 15.4. The third-order valence-electron chi connectivity index (χ3n) is 10.9. The van der Waals surface area contributed by atoms with Gasteiger partial charge in [-0.05, 0) is 41.4 Å². The normalized spacial score (nSPS) is 19.6. The van der Waals surface area contributed by atoms with Gasteiger partial charge in [-0.1, -0.05) is 99.0 Å². The van der Waals surface area contributed by atoms with E-state index in [1.54, 1.807) is 22.3 Å². The first kappa shape index (κ1) is 42.5. The maximum atomic E-state index is 13.8. The number of likely N-dealkylation sites (tertiary alicyclic amines) is 2. The molecule has 58 heavy (non-hydrogen) atoms. The fourth-order valence-corrected chi connectivity index (χ4v) is 8.73. The number of hydrogen-bond acceptors (Lipinski definition) is 9. The number of methoxy groups -OCH3 is 2. The molecule has 4 N–H and O–H groups in total. The number of aromatic amines is 2. The van der Waals surface area contributed by atoms with Gasteiger partial charge in [0.2, 0.25) is 11.8 Å². The number of carbonyl (C=O) groups is 4. The molecule has 2 saturated heterocycles. The number of hydrogen-bond donors (Lipinski definition) is 4. The largest absolute Gasteiger partial charge is 0.616 e. The maximum Gasteiger partial charge on any atom is 0.407 e.